The van der Waals surface area contributed by atoms with Gasteiger partial charge in [0.1, 0.15) is 6.10 Å². The molecule has 4 nitrogen and oxygen atoms in total. The minimum absolute atomic E-state index is 0.159. The summed E-state index contributed by atoms with van der Waals surface area (Å²) in [7, 11) is 0. The molecule has 0 amide bonds. The first-order valence-electron chi connectivity index (χ1n) is 10.6. The molecule has 0 aromatic heterocycles. The Morgan fingerprint density at radius 3 is 2.59 bits per heavy atom. The maximum atomic E-state index is 12.6. The van der Waals surface area contributed by atoms with Gasteiger partial charge in [-0.3, -0.25) is 4.79 Å². The predicted octanol–water partition coefficient (Wildman–Crippen LogP) is 4.52. The quantitative estimate of drug-likeness (QED) is 0.689. The standard InChI is InChI=1S/C25H32O4/c1-17-13-14-20(25(2,3)19-11-5-4-6-12-19)23(15-17)29-24(28)22(27)16-21(26)18-9-7-8-10-18/h4-9,11-12,17,20,22-23,27H,10,13-16H2,1-3H3/t17?,20?,22-,23?/m0/s1. The van der Waals surface area contributed by atoms with Crippen LogP contribution in [0.25, 0.3) is 0 Å². The largest absolute Gasteiger partial charge is 0.460 e. The van der Waals surface area contributed by atoms with Gasteiger partial charge >= 0.3 is 5.97 Å². The molecule has 0 aliphatic heterocycles. The van der Waals surface area contributed by atoms with Crippen molar-refractivity contribution in [3.8, 4) is 0 Å². The highest BCUT2D eigenvalue weighted by Crippen LogP contribution is 2.43. The third-order valence-electron chi connectivity index (χ3n) is 6.55. The summed E-state index contributed by atoms with van der Waals surface area (Å²) >= 11 is 0. The fourth-order valence-electron chi connectivity index (χ4n) is 4.64. The first kappa shape index (κ1) is 21.5. The van der Waals surface area contributed by atoms with E-state index in [1.807, 2.05) is 30.4 Å². The van der Waals surface area contributed by atoms with E-state index < -0.39 is 12.1 Å². The molecule has 29 heavy (non-hydrogen) atoms. The molecular weight excluding hydrogens is 364 g/mol. The molecule has 4 atom stereocenters. The molecule has 2 aliphatic rings. The van der Waals surface area contributed by atoms with Gasteiger partial charge in [0.2, 0.25) is 0 Å². The Bertz CT molecular complexity index is 790. The van der Waals surface area contributed by atoms with Crippen LogP contribution >= 0.6 is 0 Å². The Morgan fingerprint density at radius 1 is 1.21 bits per heavy atom. The van der Waals surface area contributed by atoms with Crippen LogP contribution in [0, 0.1) is 11.8 Å². The van der Waals surface area contributed by atoms with E-state index in [-0.39, 0.29) is 29.6 Å². The molecule has 1 aromatic carbocycles. The van der Waals surface area contributed by atoms with Crippen molar-refractivity contribution in [3.63, 3.8) is 0 Å². The number of aliphatic hydroxyl groups is 1. The van der Waals surface area contributed by atoms with Crippen LogP contribution in [0.3, 0.4) is 0 Å². The van der Waals surface area contributed by atoms with Crippen molar-refractivity contribution < 1.29 is 19.4 Å². The SMILES string of the molecule is CC1CCC(C(C)(C)c2ccccc2)C(OC(=O)[C@@H](O)CC(=O)C2=CC=CC2)C1. The highest BCUT2D eigenvalue weighted by molar-refractivity contribution is 5.98. The molecule has 4 heteroatoms. The smallest absolute Gasteiger partial charge is 0.335 e. The molecule has 1 aromatic rings. The van der Waals surface area contributed by atoms with Gasteiger partial charge in [-0.2, -0.15) is 0 Å². The van der Waals surface area contributed by atoms with E-state index >= 15 is 0 Å². The third-order valence-corrected chi connectivity index (χ3v) is 6.55. The van der Waals surface area contributed by atoms with Gasteiger partial charge in [0, 0.05) is 12.3 Å². The summed E-state index contributed by atoms with van der Waals surface area (Å²) < 4.78 is 5.83. The summed E-state index contributed by atoms with van der Waals surface area (Å²) in [4.78, 5) is 24.9. The first-order chi connectivity index (χ1) is 13.8. The molecule has 0 spiro atoms. The number of ketones is 1. The van der Waals surface area contributed by atoms with Gasteiger partial charge in [0.15, 0.2) is 11.9 Å². The molecule has 2 aliphatic carbocycles. The van der Waals surface area contributed by atoms with Crippen LogP contribution in [0.1, 0.15) is 58.4 Å². The number of aliphatic hydroxyl groups excluding tert-OH is 1. The van der Waals surface area contributed by atoms with Crippen LogP contribution in [0.2, 0.25) is 0 Å². The van der Waals surface area contributed by atoms with Gasteiger partial charge in [0.05, 0.1) is 0 Å². The number of hydrogen-bond donors (Lipinski definition) is 1. The van der Waals surface area contributed by atoms with Gasteiger partial charge in [-0.05, 0) is 41.7 Å². The van der Waals surface area contributed by atoms with Crippen molar-refractivity contribution in [2.75, 3.05) is 0 Å². The summed E-state index contributed by atoms with van der Waals surface area (Å²) in [5, 5.41) is 10.3. The number of carbonyl (C=O) groups excluding carboxylic acids is 2. The summed E-state index contributed by atoms with van der Waals surface area (Å²) in [6, 6.07) is 10.3. The molecule has 0 heterocycles. The molecule has 3 unspecified atom stereocenters. The van der Waals surface area contributed by atoms with Gasteiger partial charge in [0.25, 0.3) is 0 Å². The van der Waals surface area contributed by atoms with Gasteiger partial charge in [-0.25, -0.2) is 4.79 Å². The molecule has 0 radical (unpaired) electrons. The van der Waals surface area contributed by atoms with Crippen molar-refractivity contribution in [1.29, 1.82) is 0 Å². The van der Waals surface area contributed by atoms with E-state index in [1.54, 1.807) is 6.08 Å². The number of Topliss-reactive ketones (excluding diaryl/α,β-unsaturated/α-hetero) is 1. The second kappa shape index (κ2) is 9.08. The lowest BCUT2D eigenvalue weighted by atomic mass is 9.64. The normalized spacial score (nSPS) is 25.4. The number of esters is 1. The van der Waals surface area contributed by atoms with E-state index in [0.717, 1.165) is 19.3 Å². The number of benzene rings is 1. The molecule has 0 saturated heterocycles. The molecule has 1 saturated carbocycles. The Kier molecular flexibility index (Phi) is 6.74. The van der Waals surface area contributed by atoms with E-state index in [9.17, 15) is 14.7 Å². The van der Waals surface area contributed by atoms with Crippen LogP contribution in [0.4, 0.5) is 0 Å². The molecule has 0 bridgehead atoms. The van der Waals surface area contributed by atoms with Crippen LogP contribution in [-0.4, -0.2) is 29.1 Å². The van der Waals surface area contributed by atoms with Gasteiger partial charge in [-0.15, -0.1) is 0 Å². The van der Waals surface area contributed by atoms with Crippen molar-refractivity contribution in [2.24, 2.45) is 11.8 Å². The lowest BCUT2D eigenvalue weighted by molar-refractivity contribution is -0.167. The van der Waals surface area contributed by atoms with E-state index in [4.69, 9.17) is 4.74 Å². The number of carbonyl (C=O) groups is 2. The average molecular weight is 397 g/mol. The first-order valence-corrected chi connectivity index (χ1v) is 10.6. The minimum Gasteiger partial charge on any atom is -0.460 e. The molecular formula is C25H32O4. The Balaban J connectivity index is 1.68. The maximum absolute atomic E-state index is 12.6. The Labute approximate surface area is 173 Å². The highest BCUT2D eigenvalue weighted by Gasteiger charge is 2.42. The lowest BCUT2D eigenvalue weighted by Crippen LogP contribution is -2.45. The van der Waals surface area contributed by atoms with Crippen molar-refractivity contribution in [3.05, 3.63) is 59.7 Å². The summed E-state index contributed by atoms with van der Waals surface area (Å²) in [6.45, 7) is 6.57. The zero-order valence-corrected chi connectivity index (χ0v) is 17.6. The van der Waals surface area contributed by atoms with Gasteiger partial charge in [-0.1, -0.05) is 75.8 Å². The van der Waals surface area contributed by atoms with Crippen molar-refractivity contribution >= 4 is 11.8 Å². The lowest BCUT2D eigenvalue weighted by Gasteiger charge is -2.44. The number of ether oxygens (including phenoxy) is 1. The fourth-order valence-corrected chi connectivity index (χ4v) is 4.64. The van der Waals surface area contributed by atoms with Crippen LogP contribution in [-0.2, 0) is 19.7 Å². The zero-order chi connectivity index (χ0) is 21.0. The predicted molar refractivity (Wildman–Crippen MR) is 113 cm³/mol. The number of hydrogen-bond acceptors (Lipinski definition) is 4. The van der Waals surface area contributed by atoms with Crippen molar-refractivity contribution in [1.82, 2.24) is 0 Å². The summed E-state index contributed by atoms with van der Waals surface area (Å²) in [5.74, 6) is -0.255. The average Bonchev–Trinajstić information content (AvgIpc) is 3.23. The Hall–Kier alpha value is -2.20. The molecule has 156 valence electrons. The zero-order valence-electron chi connectivity index (χ0n) is 17.6. The molecule has 3 rings (SSSR count). The topological polar surface area (TPSA) is 63.6 Å². The molecule has 1 fully saturated rings. The van der Waals surface area contributed by atoms with Gasteiger partial charge < -0.3 is 9.84 Å². The number of allylic oxidation sites excluding steroid dienone is 4. The fraction of sp³-hybridized carbons (Fsp3) is 0.520. The molecule has 1 N–H and O–H groups in total. The summed E-state index contributed by atoms with van der Waals surface area (Å²) in [5.41, 5.74) is 1.69. The van der Waals surface area contributed by atoms with E-state index in [0.29, 0.717) is 17.9 Å². The second-order valence-corrected chi connectivity index (χ2v) is 9.06. The monoisotopic (exact) mass is 396 g/mol. The van der Waals surface area contributed by atoms with Crippen LogP contribution < -0.4 is 0 Å². The Morgan fingerprint density at radius 2 is 1.93 bits per heavy atom. The van der Waals surface area contributed by atoms with E-state index in [2.05, 4.69) is 32.9 Å². The van der Waals surface area contributed by atoms with Crippen molar-refractivity contribution in [2.45, 2.75) is 70.5 Å². The van der Waals surface area contributed by atoms with Crippen LogP contribution in [0.15, 0.2) is 54.1 Å². The van der Waals surface area contributed by atoms with E-state index in [1.165, 1.54) is 5.56 Å². The highest BCUT2D eigenvalue weighted by atomic mass is 16.6. The summed E-state index contributed by atoms with van der Waals surface area (Å²) in [6.07, 6.45) is 6.95. The third kappa shape index (κ3) is 5.05. The maximum Gasteiger partial charge on any atom is 0.335 e. The minimum atomic E-state index is -1.42. The van der Waals surface area contributed by atoms with Crippen LogP contribution in [0.5, 0.6) is 0 Å². The second-order valence-electron chi connectivity index (χ2n) is 9.06. The number of rotatable bonds is 7.